The molecule has 10 nitrogen and oxygen atoms in total. The molecule has 0 aliphatic rings. The van der Waals surface area contributed by atoms with Gasteiger partial charge in [0.2, 0.25) is 0 Å². The number of aromatic nitrogens is 6. The first-order valence-electron chi connectivity index (χ1n) is 31.6. The predicted molar refractivity (Wildman–Crippen MR) is 378 cm³/mol. The van der Waals surface area contributed by atoms with Crippen molar-refractivity contribution in [3.8, 4) is 23.0 Å². The van der Waals surface area contributed by atoms with Crippen molar-refractivity contribution in [2.75, 3.05) is 0 Å². The summed E-state index contributed by atoms with van der Waals surface area (Å²) >= 11 is 0. The molecule has 11 aromatic rings. The number of halogens is 6. The first kappa shape index (κ1) is 76.9. The zero-order valence-electron chi connectivity index (χ0n) is 59.6. The highest BCUT2D eigenvalue weighted by atomic mass is 19.2. The maximum Gasteiger partial charge on any atom is 0.166 e. The van der Waals surface area contributed by atoms with Gasteiger partial charge in [0.05, 0.1) is 35.1 Å². The van der Waals surface area contributed by atoms with Gasteiger partial charge >= 0.3 is 0 Å². The van der Waals surface area contributed by atoms with Crippen molar-refractivity contribution in [3.05, 3.63) is 219 Å². The molecule has 0 unspecified atom stereocenters. The van der Waals surface area contributed by atoms with E-state index in [0.29, 0.717) is 16.9 Å². The van der Waals surface area contributed by atoms with Gasteiger partial charge < -0.3 is 20.4 Å². The van der Waals surface area contributed by atoms with Crippen LogP contribution in [0.4, 0.5) is 26.3 Å². The third-order valence-corrected chi connectivity index (χ3v) is 15.5. The van der Waals surface area contributed by atoms with Crippen LogP contribution in [-0.4, -0.2) is 51.0 Å². The van der Waals surface area contributed by atoms with Gasteiger partial charge in [-0.1, -0.05) is 194 Å². The Kier molecular flexibility index (Phi) is 24.2. The first-order chi connectivity index (χ1) is 43.6. The minimum atomic E-state index is -0.965. The van der Waals surface area contributed by atoms with Crippen molar-refractivity contribution in [1.29, 1.82) is 0 Å². The Labute approximate surface area is 557 Å². The number of H-pyrrole nitrogens is 3. The van der Waals surface area contributed by atoms with Crippen LogP contribution < -0.4 is 0 Å². The Morgan fingerprint density at radius 1 is 0.316 bits per heavy atom. The van der Waals surface area contributed by atoms with Gasteiger partial charge in [0.1, 0.15) is 34.6 Å². The molecule has 11 rings (SSSR count). The molecule has 0 spiro atoms. The normalized spacial score (nSPS) is 12.0. The van der Waals surface area contributed by atoms with Crippen LogP contribution >= 0.6 is 0 Å². The Morgan fingerprint density at radius 2 is 0.716 bits per heavy atom. The van der Waals surface area contributed by atoms with Gasteiger partial charge in [0.25, 0.3) is 0 Å². The number of nitrogens with one attached hydrogen (secondary N) is 3. The SMILES string of the molecule is CC(C)(C)c1c(F)ccc2cn[nH]c12.CC(C)(C)c1c(O)ccc(F)c1F.CC(C)(C)c1c(O)ccc(F)c1F.CC(C)(C)c1c(O)cccc1F.CC(C)(C)c1cc(O)cc2ccccc12.Cc1ccc2[nH]ncc2c1C(C)(C)C.Cc1ccc2cn[nH]c2c1C(C)(C)C. The molecule has 7 N–H and O–H groups in total. The van der Waals surface area contributed by atoms with Gasteiger partial charge in [-0.3, -0.25) is 15.3 Å². The number of aryl methyl sites for hydroxylation is 2. The number of hydrogen-bond donors (Lipinski definition) is 7. The second kappa shape index (κ2) is 29.9. The highest BCUT2D eigenvalue weighted by Gasteiger charge is 2.28. The molecule has 0 aliphatic heterocycles. The molecular formula is C79H98F6N6O4. The monoisotopic (exact) mass is 1310 g/mol. The van der Waals surface area contributed by atoms with Gasteiger partial charge in [-0.05, 0) is 157 Å². The molecule has 3 heterocycles. The number of nitrogens with zero attached hydrogens (tertiary/aromatic N) is 3. The summed E-state index contributed by atoms with van der Waals surface area (Å²) in [5, 5.41) is 64.5. The van der Waals surface area contributed by atoms with Crippen molar-refractivity contribution in [3.63, 3.8) is 0 Å². The molecule has 0 saturated carbocycles. The fourth-order valence-electron chi connectivity index (χ4n) is 11.6. The molecule has 0 saturated heterocycles. The minimum absolute atomic E-state index is 0.0208. The fraction of sp³-hybridized carbons (Fsp3) is 0.380. The smallest absolute Gasteiger partial charge is 0.166 e. The molecule has 8 aromatic carbocycles. The van der Waals surface area contributed by atoms with E-state index < -0.39 is 34.1 Å². The molecule has 0 aliphatic carbocycles. The van der Waals surface area contributed by atoms with E-state index in [1.807, 2.05) is 84.3 Å². The quantitative estimate of drug-likeness (QED) is 0.0742. The molecule has 3 aromatic heterocycles. The molecule has 0 radical (unpaired) electrons. The van der Waals surface area contributed by atoms with E-state index in [4.69, 9.17) is 0 Å². The maximum atomic E-state index is 13.6. The molecule has 0 atom stereocenters. The Bertz CT molecular complexity index is 4100. The van der Waals surface area contributed by atoms with E-state index in [1.165, 1.54) is 85.9 Å². The van der Waals surface area contributed by atoms with E-state index in [1.54, 1.807) is 53.8 Å². The van der Waals surface area contributed by atoms with E-state index in [0.717, 1.165) is 33.9 Å². The molecule has 510 valence electrons. The zero-order chi connectivity index (χ0) is 71.9. The summed E-state index contributed by atoms with van der Waals surface area (Å²) in [5.74, 6) is -4.33. The standard InChI is InChI=1S/C14H16O.2C12H16N2.C11H13FN2.2C10H12F2O.C10H13FO/c1-14(2,3)13-9-11(15)8-10-6-4-5-7-12(10)13;1-8-5-6-10-9(7-13-14-10)11(8)12(2,3)4;1-8-5-6-9-7-13-14-11(9)10(8)12(2,3)4;1-11(2,3)9-8(12)5-4-7-6-13-14-10(7)9;2*1-10(2,3)8-7(13)5-4-6(11)9(8)12;1-10(2,3)9-7(11)5-4-6-8(9)12/h4-9,15H,1-3H3;2*5-7H,1-4H3,(H,13,14);4-6H,1-3H3,(H,13,14);2*4-5,13H,1-3H3;4-6,12H,1-3H3. The predicted octanol–water partition coefficient (Wildman–Crippen LogP) is 21.9. The van der Waals surface area contributed by atoms with Crippen LogP contribution in [0.15, 0.2) is 134 Å². The summed E-state index contributed by atoms with van der Waals surface area (Å²) in [5.41, 5.74) is 9.48. The summed E-state index contributed by atoms with van der Waals surface area (Å²) in [6.07, 6.45) is 5.51. The summed E-state index contributed by atoms with van der Waals surface area (Å²) in [6.45, 7) is 46.1. The third kappa shape index (κ3) is 19.7. The van der Waals surface area contributed by atoms with Gasteiger partial charge in [-0.15, -0.1) is 0 Å². The number of benzene rings is 8. The van der Waals surface area contributed by atoms with E-state index in [-0.39, 0.29) is 67.1 Å². The van der Waals surface area contributed by atoms with Gasteiger partial charge in [-0.2, -0.15) is 15.3 Å². The molecule has 16 heteroatoms. The van der Waals surface area contributed by atoms with Crippen molar-refractivity contribution in [1.82, 2.24) is 30.6 Å². The maximum absolute atomic E-state index is 13.6. The molecule has 0 bridgehead atoms. The summed E-state index contributed by atoms with van der Waals surface area (Å²) < 4.78 is 78.9. The Hall–Kier alpha value is -8.79. The first-order valence-corrected chi connectivity index (χ1v) is 31.6. The van der Waals surface area contributed by atoms with Crippen LogP contribution in [-0.2, 0) is 37.9 Å². The van der Waals surface area contributed by atoms with Gasteiger partial charge in [-0.25, -0.2) is 26.3 Å². The molecular weight excluding hydrogens is 1210 g/mol. The summed E-state index contributed by atoms with van der Waals surface area (Å²) in [6, 6.07) is 32.1. The highest BCUT2D eigenvalue weighted by molar-refractivity contribution is 5.88. The largest absolute Gasteiger partial charge is 0.508 e. The number of phenolic OH excluding ortho intramolecular Hbond substituents is 4. The van der Waals surface area contributed by atoms with E-state index >= 15 is 0 Å². The number of aromatic hydroxyl groups is 4. The zero-order valence-corrected chi connectivity index (χ0v) is 59.6. The van der Waals surface area contributed by atoms with Crippen molar-refractivity contribution >= 4 is 43.5 Å². The number of phenols is 4. The fourth-order valence-corrected chi connectivity index (χ4v) is 11.6. The molecule has 0 fully saturated rings. The lowest BCUT2D eigenvalue weighted by atomic mass is 9.82. The average Bonchev–Trinajstić information content (AvgIpc) is 1.76. The minimum Gasteiger partial charge on any atom is -0.508 e. The van der Waals surface area contributed by atoms with Gasteiger partial charge in [0, 0.05) is 38.4 Å². The number of aromatic amines is 3. The summed E-state index contributed by atoms with van der Waals surface area (Å²) in [7, 11) is 0. The van der Waals surface area contributed by atoms with Crippen molar-refractivity contribution < 1.29 is 46.8 Å². The topological polar surface area (TPSA) is 167 Å². The average molecular weight is 1310 g/mol. The lowest BCUT2D eigenvalue weighted by molar-refractivity contribution is 0.410. The Morgan fingerprint density at radius 3 is 1.16 bits per heavy atom. The van der Waals surface area contributed by atoms with E-state index in [9.17, 15) is 46.8 Å². The summed E-state index contributed by atoms with van der Waals surface area (Å²) in [4.78, 5) is 0. The lowest BCUT2D eigenvalue weighted by Crippen LogP contribution is -2.14. The Balaban J connectivity index is 0.000000201. The van der Waals surface area contributed by atoms with Crippen LogP contribution in [0.5, 0.6) is 23.0 Å². The second-order valence-corrected chi connectivity index (χ2v) is 31.0. The van der Waals surface area contributed by atoms with Crippen LogP contribution in [0.25, 0.3) is 43.5 Å². The number of hydrogen-bond acceptors (Lipinski definition) is 7. The number of fused-ring (bicyclic) bond motifs is 4. The highest BCUT2D eigenvalue weighted by Crippen LogP contribution is 2.39. The van der Waals surface area contributed by atoms with Crippen molar-refractivity contribution in [2.24, 2.45) is 0 Å². The number of rotatable bonds is 0. The lowest BCUT2D eigenvalue weighted by Gasteiger charge is -2.22. The molecule has 0 amide bonds. The van der Waals surface area contributed by atoms with Gasteiger partial charge in [0.15, 0.2) is 23.3 Å². The van der Waals surface area contributed by atoms with Crippen LogP contribution in [0.2, 0.25) is 0 Å². The second-order valence-electron chi connectivity index (χ2n) is 31.0. The van der Waals surface area contributed by atoms with E-state index in [2.05, 4.69) is 137 Å². The van der Waals surface area contributed by atoms with Crippen LogP contribution in [0, 0.1) is 48.8 Å². The molecule has 95 heavy (non-hydrogen) atoms. The third-order valence-electron chi connectivity index (χ3n) is 15.5. The van der Waals surface area contributed by atoms with Crippen molar-refractivity contribution in [2.45, 2.75) is 197 Å². The van der Waals surface area contributed by atoms with Crippen LogP contribution in [0.3, 0.4) is 0 Å². The van der Waals surface area contributed by atoms with Crippen LogP contribution in [0.1, 0.15) is 195 Å².